The van der Waals surface area contributed by atoms with Crippen LogP contribution in [-0.4, -0.2) is 23.8 Å². The number of hydrogen-bond donors (Lipinski definition) is 2. The maximum Gasteiger partial charge on any atom is 0.228 e. The molecule has 2 aromatic rings. The van der Waals surface area contributed by atoms with E-state index in [1.807, 2.05) is 51.4 Å². The number of carbonyl (C=O) groups excluding carboxylic acids is 1. The monoisotopic (exact) mass is 295 g/mol. The normalized spacial score (nSPS) is 10.1. The molecule has 0 unspecified atom stereocenters. The predicted molar refractivity (Wildman–Crippen MR) is 77.1 cm³/mol. The van der Waals surface area contributed by atoms with Crippen LogP contribution in [-0.2, 0) is 17.9 Å². The van der Waals surface area contributed by atoms with Crippen LogP contribution in [0.1, 0.15) is 27.4 Å². The van der Waals surface area contributed by atoms with E-state index in [9.17, 15) is 4.79 Å². The van der Waals surface area contributed by atoms with Crippen LogP contribution in [0.25, 0.3) is 0 Å². The van der Waals surface area contributed by atoms with Crippen molar-refractivity contribution < 1.29 is 13.2 Å². The lowest BCUT2D eigenvalue weighted by molar-refractivity contribution is 0.102. The van der Waals surface area contributed by atoms with E-state index in [0.29, 0.717) is 11.4 Å². The smallest absolute Gasteiger partial charge is 0.228 e. The minimum Gasteiger partial charge on any atom is -0.331 e. The highest BCUT2D eigenvalue weighted by Gasteiger charge is 2.14. The van der Waals surface area contributed by atoms with Crippen molar-refractivity contribution in [3.05, 3.63) is 53.1 Å². The Labute approximate surface area is 119 Å². The quantitative estimate of drug-likeness (QED) is 0.631. The number of nitrogens with zero attached hydrogens (tertiary/aromatic N) is 2. The second kappa shape index (κ2) is 6.97. The summed E-state index contributed by atoms with van der Waals surface area (Å²) in [6.45, 7) is 3.88. The molecule has 0 aliphatic heterocycles. The summed E-state index contributed by atoms with van der Waals surface area (Å²) in [4.78, 5) is 16.3. The van der Waals surface area contributed by atoms with E-state index in [1.54, 1.807) is 4.57 Å². The first-order valence-corrected chi connectivity index (χ1v) is 7.06. The predicted octanol–water partition coefficient (Wildman–Crippen LogP) is 0.739. The molecule has 108 valence electrons. The van der Waals surface area contributed by atoms with Gasteiger partial charge in [0.1, 0.15) is 0 Å². The number of aromatic nitrogens is 2. The first-order chi connectivity index (χ1) is 9.31. The van der Waals surface area contributed by atoms with Gasteiger partial charge in [-0.1, -0.05) is 29.8 Å². The van der Waals surface area contributed by atoms with Crippen molar-refractivity contribution in [2.45, 2.75) is 13.8 Å². The molecule has 0 aliphatic carbocycles. The second-order valence-corrected chi connectivity index (χ2v) is 4.87. The first kappa shape index (κ1) is 16.1. The highest BCUT2D eigenvalue weighted by Crippen LogP contribution is 2.10. The summed E-state index contributed by atoms with van der Waals surface area (Å²) in [5.41, 5.74) is 2.69. The van der Waals surface area contributed by atoms with Crippen LogP contribution in [0.3, 0.4) is 0 Å². The van der Waals surface area contributed by atoms with Crippen molar-refractivity contribution >= 4 is 16.7 Å². The van der Waals surface area contributed by atoms with Crippen LogP contribution in [0.4, 0.5) is 0 Å². The summed E-state index contributed by atoms with van der Waals surface area (Å²) in [5, 5.41) is 4.06. The summed E-state index contributed by atoms with van der Waals surface area (Å²) in [6.07, 6.45) is 1.85. The molecule has 0 saturated heterocycles. The van der Waals surface area contributed by atoms with Crippen LogP contribution in [0, 0.1) is 13.8 Å². The summed E-state index contributed by atoms with van der Waals surface area (Å²) >= 11 is 0. The molecule has 1 aromatic carbocycles. The average Bonchev–Trinajstić information content (AvgIpc) is 2.68. The van der Waals surface area contributed by atoms with Gasteiger partial charge >= 0.3 is 0 Å². The Morgan fingerprint density at radius 3 is 2.10 bits per heavy atom. The Morgan fingerprint density at radius 2 is 1.70 bits per heavy atom. The molecule has 2 N–H and O–H groups in total. The lowest BCUT2D eigenvalue weighted by Crippen LogP contribution is -2.08. The third-order valence-electron chi connectivity index (χ3n) is 2.51. The van der Waals surface area contributed by atoms with Crippen LogP contribution in [0.2, 0.25) is 0 Å². The lowest BCUT2D eigenvalue weighted by Gasteiger charge is -2.01. The minimum absolute atomic E-state index is 0.0319. The van der Waals surface area contributed by atoms with Gasteiger partial charge in [-0.05, 0) is 13.8 Å². The van der Waals surface area contributed by atoms with E-state index in [-0.39, 0.29) is 5.78 Å². The van der Waals surface area contributed by atoms with Crippen molar-refractivity contribution in [1.29, 1.82) is 0 Å². The standard InChI is InChI=1S/C13H14N2O.H3NO2S/c1-9-4-6-11(7-5-9)12(16)13-14-10(2)8-15(13)3;1-4(2)3/h4-8H,1-3H3;4H,(H2,1,2,3). The van der Waals surface area contributed by atoms with Gasteiger partial charge in [0.15, 0.2) is 16.7 Å². The highest BCUT2D eigenvalue weighted by atomic mass is 32.2. The zero-order chi connectivity index (χ0) is 15.3. The molecule has 6 nitrogen and oxygen atoms in total. The Balaban J connectivity index is 0.000000444. The fraction of sp³-hybridized carbons (Fsp3) is 0.231. The van der Waals surface area contributed by atoms with E-state index in [1.165, 1.54) is 0 Å². The number of rotatable bonds is 2. The Hall–Kier alpha value is -1.99. The van der Waals surface area contributed by atoms with E-state index < -0.39 is 10.9 Å². The van der Waals surface area contributed by atoms with Gasteiger partial charge in [0.05, 0.1) is 5.69 Å². The molecular formula is C13H17N3O3S. The lowest BCUT2D eigenvalue weighted by atomic mass is 10.1. The maximum absolute atomic E-state index is 12.1. The van der Waals surface area contributed by atoms with Gasteiger partial charge in [0, 0.05) is 18.8 Å². The Bertz CT molecular complexity index is 665. The summed E-state index contributed by atoms with van der Waals surface area (Å²) in [5.74, 6) is 0.456. The van der Waals surface area contributed by atoms with Gasteiger partial charge in [0.25, 0.3) is 0 Å². The second-order valence-electron chi connectivity index (χ2n) is 4.30. The molecule has 1 heterocycles. The number of thiol groups is 1. The molecule has 0 bridgehead atoms. The van der Waals surface area contributed by atoms with Gasteiger partial charge in [-0.25, -0.2) is 18.5 Å². The summed E-state index contributed by atoms with van der Waals surface area (Å²) < 4.78 is 19.4. The topological polar surface area (TPSA) is 95.0 Å². The maximum atomic E-state index is 12.1. The molecule has 7 heteroatoms. The zero-order valence-electron chi connectivity index (χ0n) is 11.5. The molecule has 2 rings (SSSR count). The minimum atomic E-state index is -2.62. The van der Waals surface area contributed by atoms with Crippen molar-refractivity contribution in [3.8, 4) is 0 Å². The zero-order valence-corrected chi connectivity index (χ0v) is 12.4. The molecule has 0 spiro atoms. The number of nitrogens with two attached hydrogens (primary N) is 1. The van der Waals surface area contributed by atoms with Crippen molar-refractivity contribution in [2.24, 2.45) is 12.2 Å². The third kappa shape index (κ3) is 4.60. The Morgan fingerprint density at radius 1 is 1.20 bits per heavy atom. The molecule has 0 amide bonds. The number of ketones is 1. The summed E-state index contributed by atoms with van der Waals surface area (Å²) in [6, 6.07) is 7.54. The largest absolute Gasteiger partial charge is 0.331 e. The molecule has 0 atom stereocenters. The van der Waals surface area contributed by atoms with Crippen LogP contribution in [0.5, 0.6) is 0 Å². The van der Waals surface area contributed by atoms with Gasteiger partial charge in [-0.3, -0.25) is 4.79 Å². The van der Waals surface area contributed by atoms with E-state index in [2.05, 4.69) is 10.1 Å². The number of aryl methyl sites for hydroxylation is 3. The fourth-order valence-electron chi connectivity index (χ4n) is 1.66. The average molecular weight is 295 g/mol. The third-order valence-corrected chi connectivity index (χ3v) is 2.51. The number of hydrogen-bond acceptors (Lipinski definition) is 4. The molecular weight excluding hydrogens is 278 g/mol. The van der Waals surface area contributed by atoms with Crippen LogP contribution < -0.4 is 5.14 Å². The summed E-state index contributed by atoms with van der Waals surface area (Å²) in [7, 11) is -0.786. The van der Waals surface area contributed by atoms with Crippen molar-refractivity contribution in [3.63, 3.8) is 0 Å². The molecule has 20 heavy (non-hydrogen) atoms. The van der Waals surface area contributed by atoms with Crippen molar-refractivity contribution in [2.75, 3.05) is 0 Å². The van der Waals surface area contributed by atoms with E-state index in [4.69, 9.17) is 8.42 Å². The van der Waals surface area contributed by atoms with Crippen LogP contribution >= 0.6 is 0 Å². The molecule has 0 fully saturated rings. The molecule has 1 aromatic heterocycles. The van der Waals surface area contributed by atoms with E-state index >= 15 is 0 Å². The molecule has 0 radical (unpaired) electrons. The Kier molecular flexibility index (Phi) is 5.60. The van der Waals surface area contributed by atoms with Gasteiger partial charge in [-0.15, -0.1) is 0 Å². The fourth-order valence-corrected chi connectivity index (χ4v) is 1.66. The van der Waals surface area contributed by atoms with Crippen molar-refractivity contribution in [1.82, 2.24) is 9.55 Å². The molecule has 0 saturated carbocycles. The SMILES string of the molecule is Cc1ccc(C(=O)c2nc(C)cn2C)cc1.N[SH](=O)=O. The van der Waals surface area contributed by atoms with Gasteiger partial charge in [0.2, 0.25) is 5.78 Å². The van der Waals surface area contributed by atoms with Gasteiger partial charge in [-0.2, -0.15) is 0 Å². The van der Waals surface area contributed by atoms with Gasteiger partial charge < -0.3 is 4.57 Å². The number of carbonyl (C=O) groups is 1. The highest BCUT2D eigenvalue weighted by molar-refractivity contribution is 7.69. The first-order valence-electron chi connectivity index (χ1n) is 5.81. The van der Waals surface area contributed by atoms with Crippen LogP contribution in [0.15, 0.2) is 30.5 Å². The number of benzene rings is 1. The molecule has 0 aliphatic rings. The van der Waals surface area contributed by atoms with E-state index in [0.717, 1.165) is 11.3 Å². The number of imidazole rings is 1.